The third-order valence-electron chi connectivity index (χ3n) is 4.58. The van der Waals surface area contributed by atoms with Gasteiger partial charge in [-0.05, 0) is 49.2 Å². The minimum atomic E-state index is -3.80. The van der Waals surface area contributed by atoms with Crippen LogP contribution in [0.2, 0.25) is 0 Å². The number of anilines is 1. The Balaban J connectivity index is 1.95. The van der Waals surface area contributed by atoms with Crippen LogP contribution in [0.15, 0.2) is 35.2 Å². The molecule has 154 valence electrons. The van der Waals surface area contributed by atoms with Crippen LogP contribution in [0.5, 0.6) is 0 Å². The standard InChI is InChI=1S/C20H22FN3O3S2/c1-5-24(6-2)29(26,27)14-7-8-16(21)15(11-14)19(25)23-20-22-18-13(4)9-12(3)10-17(18)28-20/h7-11H,5-6H2,1-4H3,(H,22,23,25). The molecule has 3 rings (SSSR count). The molecule has 0 unspecified atom stereocenters. The van der Waals surface area contributed by atoms with Crippen LogP contribution in [0.3, 0.4) is 0 Å². The largest absolute Gasteiger partial charge is 0.298 e. The minimum absolute atomic E-state index is 0.122. The molecule has 3 aromatic rings. The van der Waals surface area contributed by atoms with Crippen molar-refractivity contribution in [3.63, 3.8) is 0 Å². The Morgan fingerprint density at radius 1 is 1.17 bits per heavy atom. The van der Waals surface area contributed by atoms with Gasteiger partial charge in [0.2, 0.25) is 10.0 Å². The highest BCUT2D eigenvalue weighted by Gasteiger charge is 2.24. The second-order valence-corrected chi connectivity index (χ2v) is 9.60. The number of aryl methyl sites for hydroxylation is 2. The number of hydrogen-bond acceptors (Lipinski definition) is 5. The van der Waals surface area contributed by atoms with Gasteiger partial charge in [-0.3, -0.25) is 10.1 Å². The summed E-state index contributed by atoms with van der Waals surface area (Å²) >= 11 is 1.28. The SMILES string of the molecule is CCN(CC)S(=O)(=O)c1ccc(F)c(C(=O)Nc2nc3c(C)cc(C)cc3s2)c1. The van der Waals surface area contributed by atoms with E-state index in [4.69, 9.17) is 0 Å². The lowest BCUT2D eigenvalue weighted by molar-refractivity contribution is 0.102. The molecular weight excluding hydrogens is 413 g/mol. The van der Waals surface area contributed by atoms with Gasteiger partial charge in [0.1, 0.15) is 5.82 Å². The van der Waals surface area contributed by atoms with Crippen molar-refractivity contribution in [3.05, 3.63) is 52.8 Å². The highest BCUT2D eigenvalue weighted by Crippen LogP contribution is 2.30. The summed E-state index contributed by atoms with van der Waals surface area (Å²) in [4.78, 5) is 16.9. The molecule has 29 heavy (non-hydrogen) atoms. The lowest BCUT2D eigenvalue weighted by atomic mass is 10.1. The van der Waals surface area contributed by atoms with E-state index in [1.54, 1.807) is 13.8 Å². The summed E-state index contributed by atoms with van der Waals surface area (Å²) in [6.45, 7) is 7.90. The molecule has 0 bridgehead atoms. The lowest BCUT2D eigenvalue weighted by Gasteiger charge is -2.18. The van der Waals surface area contributed by atoms with Gasteiger partial charge < -0.3 is 0 Å². The summed E-state index contributed by atoms with van der Waals surface area (Å²) in [7, 11) is -3.80. The molecule has 0 aliphatic heterocycles. The highest BCUT2D eigenvalue weighted by molar-refractivity contribution is 7.89. The molecule has 0 spiro atoms. The Hall–Kier alpha value is -2.36. The van der Waals surface area contributed by atoms with Gasteiger partial charge in [0.05, 0.1) is 20.7 Å². The molecule has 1 aromatic heterocycles. The van der Waals surface area contributed by atoms with Crippen molar-refractivity contribution in [1.82, 2.24) is 9.29 Å². The van der Waals surface area contributed by atoms with Crippen LogP contribution in [-0.2, 0) is 10.0 Å². The van der Waals surface area contributed by atoms with Crippen molar-refractivity contribution in [3.8, 4) is 0 Å². The van der Waals surface area contributed by atoms with Crippen LogP contribution in [0.4, 0.5) is 9.52 Å². The number of aromatic nitrogens is 1. The van der Waals surface area contributed by atoms with E-state index in [0.29, 0.717) is 5.13 Å². The first-order valence-electron chi connectivity index (χ1n) is 9.16. The number of carbonyl (C=O) groups is 1. The summed E-state index contributed by atoms with van der Waals surface area (Å²) in [5, 5.41) is 2.92. The smallest absolute Gasteiger partial charge is 0.260 e. The van der Waals surface area contributed by atoms with Crippen molar-refractivity contribution in [1.29, 1.82) is 0 Å². The number of nitrogens with zero attached hydrogens (tertiary/aromatic N) is 2. The number of amides is 1. The van der Waals surface area contributed by atoms with Crippen LogP contribution >= 0.6 is 11.3 Å². The molecule has 1 N–H and O–H groups in total. The van der Waals surface area contributed by atoms with E-state index in [9.17, 15) is 17.6 Å². The number of hydrogen-bond donors (Lipinski definition) is 1. The molecular formula is C20H22FN3O3S2. The van der Waals surface area contributed by atoms with Crippen LogP contribution in [0, 0.1) is 19.7 Å². The molecule has 6 nitrogen and oxygen atoms in total. The number of sulfonamides is 1. The molecule has 0 atom stereocenters. The molecule has 0 saturated carbocycles. The Morgan fingerprint density at radius 3 is 2.52 bits per heavy atom. The monoisotopic (exact) mass is 435 g/mol. The van der Waals surface area contributed by atoms with Gasteiger partial charge in [-0.2, -0.15) is 4.31 Å². The first-order chi connectivity index (χ1) is 13.7. The van der Waals surface area contributed by atoms with Crippen molar-refractivity contribution in [2.45, 2.75) is 32.6 Å². The van der Waals surface area contributed by atoms with Gasteiger partial charge in [-0.25, -0.2) is 17.8 Å². The molecule has 0 radical (unpaired) electrons. The van der Waals surface area contributed by atoms with Crippen molar-refractivity contribution < 1.29 is 17.6 Å². The van der Waals surface area contributed by atoms with Gasteiger partial charge in [0, 0.05) is 13.1 Å². The number of thiazole rings is 1. The van der Waals surface area contributed by atoms with Crippen molar-refractivity contribution in [2.24, 2.45) is 0 Å². The first-order valence-corrected chi connectivity index (χ1v) is 11.4. The molecule has 0 saturated heterocycles. The van der Waals surface area contributed by atoms with Crippen LogP contribution in [-0.4, -0.2) is 36.7 Å². The zero-order valence-corrected chi connectivity index (χ0v) is 18.2. The molecule has 0 fully saturated rings. The summed E-state index contributed by atoms with van der Waals surface area (Å²) in [5.74, 6) is -1.54. The Kier molecular flexibility index (Phi) is 6.02. The number of benzene rings is 2. The van der Waals surface area contributed by atoms with E-state index in [2.05, 4.69) is 10.3 Å². The van der Waals surface area contributed by atoms with Crippen LogP contribution < -0.4 is 5.32 Å². The summed E-state index contributed by atoms with van der Waals surface area (Å²) in [6, 6.07) is 7.20. The first kappa shape index (κ1) is 21.4. The second-order valence-electron chi connectivity index (χ2n) is 6.63. The van der Waals surface area contributed by atoms with Crippen molar-refractivity contribution in [2.75, 3.05) is 18.4 Å². The van der Waals surface area contributed by atoms with Gasteiger partial charge in [0.25, 0.3) is 5.91 Å². The van der Waals surface area contributed by atoms with Gasteiger partial charge >= 0.3 is 0 Å². The zero-order chi connectivity index (χ0) is 21.3. The van der Waals surface area contributed by atoms with E-state index < -0.39 is 21.7 Å². The third kappa shape index (κ3) is 4.17. The maximum atomic E-state index is 14.3. The maximum Gasteiger partial charge on any atom is 0.260 e. The molecule has 1 amide bonds. The van der Waals surface area contributed by atoms with Gasteiger partial charge in [0.15, 0.2) is 5.13 Å². The van der Waals surface area contributed by atoms with E-state index in [1.165, 1.54) is 21.7 Å². The molecule has 2 aromatic carbocycles. The van der Waals surface area contributed by atoms with E-state index in [0.717, 1.165) is 33.5 Å². The molecule has 9 heteroatoms. The zero-order valence-electron chi connectivity index (χ0n) is 16.6. The lowest BCUT2D eigenvalue weighted by Crippen LogP contribution is -2.31. The number of rotatable bonds is 6. The fourth-order valence-corrected chi connectivity index (χ4v) is 5.66. The van der Waals surface area contributed by atoms with Gasteiger partial charge in [-0.1, -0.05) is 31.3 Å². The molecule has 0 aliphatic carbocycles. The molecule has 0 aliphatic rings. The van der Waals surface area contributed by atoms with Gasteiger partial charge in [-0.15, -0.1) is 0 Å². The summed E-state index contributed by atoms with van der Waals surface area (Å²) in [5.41, 5.74) is 2.49. The van der Waals surface area contributed by atoms with E-state index in [1.807, 2.05) is 26.0 Å². The fraction of sp³-hybridized carbons (Fsp3) is 0.300. The number of fused-ring (bicyclic) bond motifs is 1. The fourth-order valence-electron chi connectivity index (χ4n) is 3.14. The summed E-state index contributed by atoms with van der Waals surface area (Å²) < 4.78 is 41.8. The van der Waals surface area contributed by atoms with E-state index in [-0.39, 0.29) is 23.5 Å². The normalized spacial score (nSPS) is 11.9. The number of halogens is 1. The predicted molar refractivity (Wildman–Crippen MR) is 114 cm³/mol. The quantitative estimate of drug-likeness (QED) is 0.625. The predicted octanol–water partition coefficient (Wildman–Crippen LogP) is 4.34. The Morgan fingerprint density at radius 2 is 1.86 bits per heavy atom. The highest BCUT2D eigenvalue weighted by atomic mass is 32.2. The molecule has 1 heterocycles. The number of carbonyl (C=O) groups excluding carboxylic acids is 1. The average Bonchev–Trinajstić information content (AvgIpc) is 3.05. The van der Waals surface area contributed by atoms with E-state index >= 15 is 0 Å². The minimum Gasteiger partial charge on any atom is -0.298 e. The number of nitrogens with one attached hydrogen (secondary N) is 1. The van der Waals surface area contributed by atoms with Crippen molar-refractivity contribution >= 4 is 42.6 Å². The maximum absolute atomic E-state index is 14.3. The second kappa shape index (κ2) is 8.17. The van der Waals surface area contributed by atoms with Crippen LogP contribution in [0.1, 0.15) is 35.3 Å². The van der Waals surface area contributed by atoms with Crippen LogP contribution in [0.25, 0.3) is 10.2 Å². The average molecular weight is 436 g/mol. The topological polar surface area (TPSA) is 79.4 Å². The summed E-state index contributed by atoms with van der Waals surface area (Å²) in [6.07, 6.45) is 0. The Labute approximate surface area is 173 Å². The Bertz CT molecular complexity index is 1190. The third-order valence-corrected chi connectivity index (χ3v) is 7.54.